The summed E-state index contributed by atoms with van der Waals surface area (Å²) in [5, 5.41) is 8.90. The van der Waals surface area contributed by atoms with Gasteiger partial charge in [-0.2, -0.15) is 4.31 Å². The Morgan fingerprint density at radius 2 is 1.91 bits per heavy atom. The molecule has 0 aliphatic carbocycles. The number of carboxylic acid groups (broad SMARTS) is 1. The van der Waals surface area contributed by atoms with Gasteiger partial charge in [-0.05, 0) is 24.6 Å². The average molecular weight is 345 g/mol. The Balaban J connectivity index is 3.35. The van der Waals surface area contributed by atoms with Gasteiger partial charge in [0.1, 0.15) is 17.2 Å². The molecule has 0 amide bonds. The number of carbonyl (C=O) groups excluding carboxylic acids is 1. The van der Waals surface area contributed by atoms with Crippen molar-refractivity contribution in [2.75, 3.05) is 27.3 Å². The van der Waals surface area contributed by atoms with E-state index in [1.165, 1.54) is 32.4 Å². The molecule has 0 bridgehead atoms. The summed E-state index contributed by atoms with van der Waals surface area (Å²) in [6.45, 7) is 1.14. The molecule has 0 fully saturated rings. The summed E-state index contributed by atoms with van der Waals surface area (Å²) in [7, 11) is -1.61. The minimum Gasteiger partial charge on any atom is -0.495 e. The highest BCUT2D eigenvalue weighted by Gasteiger charge is 2.29. The lowest BCUT2D eigenvalue weighted by atomic mass is 10.2. The van der Waals surface area contributed by atoms with Crippen LogP contribution < -0.4 is 4.74 Å². The topological polar surface area (TPSA) is 110 Å². The number of esters is 1. The van der Waals surface area contributed by atoms with E-state index in [1.54, 1.807) is 6.92 Å². The molecule has 0 atom stereocenters. The van der Waals surface area contributed by atoms with Crippen molar-refractivity contribution in [1.29, 1.82) is 0 Å². The fraction of sp³-hybridized carbons (Fsp3) is 0.429. The molecule has 128 valence electrons. The molecule has 8 nitrogen and oxygen atoms in total. The van der Waals surface area contributed by atoms with Crippen LogP contribution >= 0.6 is 0 Å². The SMILES string of the molecule is CCCN(CC(=O)O)S(=O)(=O)c1ccc(C(=O)OC)cc1OC. The monoisotopic (exact) mass is 345 g/mol. The molecular formula is C14H19NO7S. The lowest BCUT2D eigenvalue weighted by Crippen LogP contribution is -2.36. The molecule has 0 saturated heterocycles. The molecule has 0 unspecified atom stereocenters. The van der Waals surface area contributed by atoms with Gasteiger partial charge >= 0.3 is 11.9 Å². The second-order valence-electron chi connectivity index (χ2n) is 4.59. The minimum atomic E-state index is -4.07. The van der Waals surface area contributed by atoms with E-state index in [9.17, 15) is 18.0 Å². The van der Waals surface area contributed by atoms with E-state index in [0.717, 1.165) is 4.31 Å². The van der Waals surface area contributed by atoms with Crippen LogP contribution in [0.5, 0.6) is 5.75 Å². The zero-order valence-electron chi connectivity index (χ0n) is 13.1. The van der Waals surface area contributed by atoms with E-state index in [1.807, 2.05) is 0 Å². The molecule has 0 aliphatic heterocycles. The Morgan fingerprint density at radius 3 is 2.39 bits per heavy atom. The Bertz CT molecular complexity index is 684. The second-order valence-corrected chi connectivity index (χ2v) is 6.50. The zero-order chi connectivity index (χ0) is 17.6. The number of methoxy groups -OCH3 is 2. The molecule has 0 aromatic heterocycles. The molecule has 1 N–H and O–H groups in total. The van der Waals surface area contributed by atoms with E-state index in [0.29, 0.717) is 6.42 Å². The highest BCUT2D eigenvalue weighted by Crippen LogP contribution is 2.28. The van der Waals surface area contributed by atoms with Crippen molar-refractivity contribution in [1.82, 2.24) is 4.31 Å². The number of ether oxygens (including phenoxy) is 2. The number of carboxylic acids is 1. The van der Waals surface area contributed by atoms with E-state index < -0.39 is 28.5 Å². The van der Waals surface area contributed by atoms with Crippen LogP contribution in [-0.2, 0) is 19.6 Å². The summed E-state index contributed by atoms with van der Waals surface area (Å²) in [5.74, 6) is -1.95. The fourth-order valence-corrected chi connectivity index (χ4v) is 3.57. The lowest BCUT2D eigenvalue weighted by Gasteiger charge is -2.21. The van der Waals surface area contributed by atoms with Gasteiger partial charge in [-0.15, -0.1) is 0 Å². The first-order valence-electron chi connectivity index (χ1n) is 6.76. The molecule has 0 spiro atoms. The number of carbonyl (C=O) groups is 2. The summed E-state index contributed by atoms with van der Waals surface area (Å²) >= 11 is 0. The van der Waals surface area contributed by atoms with Crippen molar-refractivity contribution >= 4 is 22.0 Å². The summed E-state index contributed by atoms with van der Waals surface area (Å²) in [6, 6.07) is 3.72. The molecule has 1 aromatic rings. The number of nitrogens with zero attached hydrogens (tertiary/aromatic N) is 1. The Morgan fingerprint density at radius 1 is 1.26 bits per heavy atom. The van der Waals surface area contributed by atoms with Crippen LogP contribution in [0.1, 0.15) is 23.7 Å². The van der Waals surface area contributed by atoms with E-state index >= 15 is 0 Å². The summed E-state index contributed by atoms with van der Waals surface area (Å²) in [4.78, 5) is 22.2. The van der Waals surface area contributed by atoms with Gasteiger partial charge in [0.25, 0.3) is 0 Å². The van der Waals surface area contributed by atoms with Crippen LogP contribution in [0.15, 0.2) is 23.1 Å². The van der Waals surface area contributed by atoms with Gasteiger partial charge in [0, 0.05) is 6.54 Å². The quantitative estimate of drug-likeness (QED) is 0.699. The maximum absolute atomic E-state index is 12.7. The van der Waals surface area contributed by atoms with Crippen molar-refractivity contribution in [2.24, 2.45) is 0 Å². The van der Waals surface area contributed by atoms with Gasteiger partial charge in [0.2, 0.25) is 10.0 Å². The van der Waals surface area contributed by atoms with Crippen molar-refractivity contribution < 1.29 is 32.6 Å². The van der Waals surface area contributed by atoms with Crippen LogP contribution in [0.25, 0.3) is 0 Å². The smallest absolute Gasteiger partial charge is 0.337 e. The Labute approximate surface area is 134 Å². The third-order valence-electron chi connectivity index (χ3n) is 2.99. The molecule has 9 heteroatoms. The van der Waals surface area contributed by atoms with Gasteiger partial charge < -0.3 is 14.6 Å². The highest BCUT2D eigenvalue weighted by molar-refractivity contribution is 7.89. The van der Waals surface area contributed by atoms with Gasteiger partial charge in [-0.25, -0.2) is 13.2 Å². The molecule has 0 saturated carbocycles. The van der Waals surface area contributed by atoms with Crippen LogP contribution in [0.3, 0.4) is 0 Å². The molecule has 23 heavy (non-hydrogen) atoms. The minimum absolute atomic E-state index is 0.0521. The maximum Gasteiger partial charge on any atom is 0.337 e. The largest absolute Gasteiger partial charge is 0.495 e. The molecule has 0 heterocycles. The van der Waals surface area contributed by atoms with Crippen LogP contribution in [0.2, 0.25) is 0 Å². The first kappa shape index (κ1) is 18.9. The van der Waals surface area contributed by atoms with E-state index in [-0.39, 0.29) is 22.8 Å². The first-order chi connectivity index (χ1) is 10.8. The molecule has 1 aromatic carbocycles. The number of hydrogen-bond acceptors (Lipinski definition) is 6. The highest BCUT2D eigenvalue weighted by atomic mass is 32.2. The predicted molar refractivity (Wildman–Crippen MR) is 81.0 cm³/mol. The zero-order valence-corrected chi connectivity index (χ0v) is 13.9. The third kappa shape index (κ3) is 4.42. The Hall–Kier alpha value is -2.13. The number of hydrogen-bond donors (Lipinski definition) is 1. The van der Waals surface area contributed by atoms with E-state index in [4.69, 9.17) is 9.84 Å². The van der Waals surface area contributed by atoms with Crippen LogP contribution in [0, 0.1) is 0 Å². The molecule has 1 rings (SSSR count). The lowest BCUT2D eigenvalue weighted by molar-refractivity contribution is -0.137. The second kappa shape index (κ2) is 7.93. The van der Waals surface area contributed by atoms with Crippen LogP contribution in [0.4, 0.5) is 0 Å². The normalized spacial score (nSPS) is 11.3. The number of rotatable bonds is 8. The van der Waals surface area contributed by atoms with Crippen LogP contribution in [-0.4, -0.2) is 57.1 Å². The summed E-state index contributed by atoms with van der Waals surface area (Å²) in [6.07, 6.45) is 0.453. The van der Waals surface area contributed by atoms with Crippen molar-refractivity contribution in [3.8, 4) is 5.75 Å². The van der Waals surface area contributed by atoms with Crippen molar-refractivity contribution in [2.45, 2.75) is 18.2 Å². The molecule has 0 aliphatic rings. The predicted octanol–water partition coefficient (Wildman–Crippen LogP) is 0.967. The molecular weight excluding hydrogens is 326 g/mol. The van der Waals surface area contributed by atoms with Gasteiger partial charge in [-0.1, -0.05) is 6.92 Å². The third-order valence-corrected chi connectivity index (χ3v) is 4.87. The standard InChI is InChI=1S/C14H19NO7S/c1-4-7-15(9-13(16)17)23(19,20)12-6-5-10(14(18)22-3)8-11(12)21-2/h5-6,8H,4,7,9H2,1-3H3,(H,16,17). The number of benzene rings is 1. The van der Waals surface area contributed by atoms with Gasteiger partial charge in [0.15, 0.2) is 0 Å². The van der Waals surface area contributed by atoms with Crippen molar-refractivity contribution in [3.63, 3.8) is 0 Å². The summed E-state index contributed by atoms with van der Waals surface area (Å²) in [5.41, 5.74) is 0.128. The number of aliphatic carboxylic acids is 1. The van der Waals surface area contributed by atoms with Crippen molar-refractivity contribution in [3.05, 3.63) is 23.8 Å². The first-order valence-corrected chi connectivity index (χ1v) is 8.20. The van der Waals surface area contributed by atoms with E-state index in [2.05, 4.69) is 4.74 Å². The molecule has 0 radical (unpaired) electrons. The summed E-state index contributed by atoms with van der Waals surface area (Å²) < 4.78 is 35.8. The van der Waals surface area contributed by atoms with Gasteiger partial charge in [-0.3, -0.25) is 4.79 Å². The van der Waals surface area contributed by atoms with Gasteiger partial charge in [0.05, 0.1) is 19.8 Å². The fourth-order valence-electron chi connectivity index (χ4n) is 1.95. The number of sulfonamides is 1. The Kier molecular flexibility index (Phi) is 6.52. The maximum atomic E-state index is 12.7. The average Bonchev–Trinajstić information content (AvgIpc) is 2.52.